The van der Waals surface area contributed by atoms with Crippen LogP contribution in [0, 0.1) is 0 Å². The molecule has 1 aliphatic heterocycles. The van der Waals surface area contributed by atoms with E-state index in [9.17, 15) is 18.0 Å². The lowest BCUT2D eigenvalue weighted by atomic mass is 10.2. The fourth-order valence-corrected chi connectivity index (χ4v) is 4.33. The Hall–Kier alpha value is -2.38. The minimum Gasteiger partial charge on any atom is -0.282 e. The number of rotatable bonds is 5. The van der Waals surface area contributed by atoms with Crippen molar-refractivity contribution in [2.24, 2.45) is 0 Å². The van der Waals surface area contributed by atoms with E-state index in [1.165, 1.54) is 12.1 Å². The summed E-state index contributed by atoms with van der Waals surface area (Å²) in [5, 5.41) is 1.77. The molecular formula is C18H15NO4S2. The highest BCUT2D eigenvalue weighted by molar-refractivity contribution is 8.18. The molecule has 1 saturated heterocycles. The molecule has 2 amide bonds. The zero-order valence-electron chi connectivity index (χ0n) is 13.1. The van der Waals surface area contributed by atoms with Gasteiger partial charge in [0.1, 0.15) is 0 Å². The van der Waals surface area contributed by atoms with Crippen molar-refractivity contribution < 1.29 is 18.0 Å². The average molecular weight is 373 g/mol. The number of hydrogen-bond acceptors (Lipinski definition) is 5. The molecule has 0 spiro atoms. The standard InChI is InChI=1S/C18H15NO4S2/c20-17-16(24-18(21)19-17)12-14-6-8-15(9-7-14)25(22,23)11-10-13-4-2-1-3-5-13/h1-9,12H,10-11H2,(H,19,20,21). The number of thioether (sulfide) groups is 1. The van der Waals surface area contributed by atoms with E-state index in [2.05, 4.69) is 5.32 Å². The van der Waals surface area contributed by atoms with Crippen LogP contribution in [0.2, 0.25) is 0 Å². The molecule has 2 aromatic carbocycles. The highest BCUT2D eigenvalue weighted by Gasteiger charge is 2.25. The molecule has 7 heteroatoms. The van der Waals surface area contributed by atoms with Gasteiger partial charge in [0.2, 0.25) is 0 Å². The monoisotopic (exact) mass is 373 g/mol. The molecule has 1 fully saturated rings. The molecule has 0 aromatic heterocycles. The maximum Gasteiger partial charge on any atom is 0.290 e. The summed E-state index contributed by atoms with van der Waals surface area (Å²) < 4.78 is 24.9. The third kappa shape index (κ3) is 4.37. The smallest absolute Gasteiger partial charge is 0.282 e. The van der Waals surface area contributed by atoms with E-state index < -0.39 is 21.0 Å². The zero-order valence-corrected chi connectivity index (χ0v) is 14.8. The summed E-state index contributed by atoms with van der Waals surface area (Å²) in [6, 6.07) is 15.7. The molecule has 128 valence electrons. The van der Waals surface area contributed by atoms with Crippen LogP contribution in [0.5, 0.6) is 0 Å². The largest absolute Gasteiger partial charge is 0.290 e. The lowest BCUT2D eigenvalue weighted by Crippen LogP contribution is -2.17. The van der Waals surface area contributed by atoms with Gasteiger partial charge >= 0.3 is 0 Å². The Labute approximate surface area is 150 Å². The summed E-state index contributed by atoms with van der Waals surface area (Å²) in [5.74, 6) is -0.404. The lowest BCUT2D eigenvalue weighted by Gasteiger charge is -2.05. The van der Waals surface area contributed by atoms with Crippen molar-refractivity contribution in [1.82, 2.24) is 5.32 Å². The van der Waals surface area contributed by atoms with Crippen molar-refractivity contribution in [2.45, 2.75) is 11.3 Å². The van der Waals surface area contributed by atoms with E-state index in [0.717, 1.165) is 17.3 Å². The number of hydrogen-bond donors (Lipinski definition) is 1. The summed E-state index contributed by atoms with van der Waals surface area (Å²) in [7, 11) is -3.38. The third-order valence-electron chi connectivity index (χ3n) is 3.68. The number of amides is 2. The SMILES string of the molecule is O=C1NC(=O)C(=Cc2ccc(S(=O)(=O)CCc3ccccc3)cc2)S1. The minimum atomic E-state index is -3.38. The van der Waals surface area contributed by atoms with Gasteiger partial charge in [0.05, 0.1) is 15.6 Å². The minimum absolute atomic E-state index is 0.0320. The second-order valence-electron chi connectivity index (χ2n) is 5.48. The van der Waals surface area contributed by atoms with Gasteiger partial charge in [0.25, 0.3) is 11.1 Å². The van der Waals surface area contributed by atoms with Gasteiger partial charge in [-0.15, -0.1) is 0 Å². The zero-order chi connectivity index (χ0) is 17.9. The van der Waals surface area contributed by atoms with Gasteiger partial charge in [-0.1, -0.05) is 42.5 Å². The van der Waals surface area contributed by atoms with E-state index in [1.807, 2.05) is 30.3 Å². The van der Waals surface area contributed by atoms with Crippen molar-refractivity contribution in [1.29, 1.82) is 0 Å². The van der Waals surface area contributed by atoms with E-state index in [-0.39, 0.29) is 10.6 Å². The molecule has 1 heterocycles. The molecule has 0 bridgehead atoms. The molecule has 0 saturated carbocycles. The van der Waals surface area contributed by atoms with Crippen LogP contribution in [0.4, 0.5) is 4.79 Å². The number of nitrogens with one attached hydrogen (secondary N) is 1. The first kappa shape index (κ1) is 17.4. The Morgan fingerprint density at radius 1 is 0.960 bits per heavy atom. The number of imide groups is 1. The highest BCUT2D eigenvalue weighted by Crippen LogP contribution is 2.26. The van der Waals surface area contributed by atoms with Gasteiger partial charge in [-0.25, -0.2) is 8.42 Å². The van der Waals surface area contributed by atoms with E-state index in [4.69, 9.17) is 0 Å². The van der Waals surface area contributed by atoms with Gasteiger partial charge < -0.3 is 0 Å². The molecular weight excluding hydrogens is 358 g/mol. The molecule has 0 radical (unpaired) electrons. The van der Waals surface area contributed by atoms with Crippen LogP contribution < -0.4 is 5.32 Å². The maximum absolute atomic E-state index is 12.4. The first-order valence-electron chi connectivity index (χ1n) is 7.56. The van der Waals surface area contributed by atoms with Crippen LogP contribution in [0.25, 0.3) is 6.08 Å². The van der Waals surface area contributed by atoms with Crippen LogP contribution in [0.15, 0.2) is 64.4 Å². The fraction of sp³-hybridized carbons (Fsp3) is 0.111. The summed E-state index contributed by atoms with van der Waals surface area (Å²) in [6.07, 6.45) is 2.01. The summed E-state index contributed by atoms with van der Waals surface area (Å²) in [6.45, 7) is 0. The Morgan fingerprint density at radius 3 is 2.24 bits per heavy atom. The molecule has 0 unspecified atom stereocenters. The quantitative estimate of drug-likeness (QED) is 0.815. The van der Waals surface area contributed by atoms with Gasteiger partial charge in [0, 0.05) is 0 Å². The Kier molecular flexibility index (Phi) is 5.06. The number of aryl methyl sites for hydroxylation is 1. The number of carbonyl (C=O) groups excluding carboxylic acids is 2. The summed E-state index contributed by atoms with van der Waals surface area (Å²) in [4.78, 5) is 23.2. The van der Waals surface area contributed by atoms with E-state index in [0.29, 0.717) is 16.9 Å². The Bertz CT molecular complexity index is 933. The molecule has 1 N–H and O–H groups in total. The average Bonchev–Trinajstić information content (AvgIpc) is 2.92. The van der Waals surface area contributed by atoms with Crippen molar-refractivity contribution >= 4 is 38.8 Å². The summed E-state index contributed by atoms with van der Waals surface area (Å²) in [5.41, 5.74) is 1.63. The van der Waals surface area contributed by atoms with Crippen LogP contribution in [-0.2, 0) is 21.1 Å². The van der Waals surface area contributed by atoms with Crippen LogP contribution in [-0.4, -0.2) is 25.3 Å². The van der Waals surface area contributed by atoms with E-state index >= 15 is 0 Å². The van der Waals surface area contributed by atoms with E-state index in [1.54, 1.807) is 18.2 Å². The van der Waals surface area contributed by atoms with Gasteiger partial charge in [0.15, 0.2) is 9.84 Å². The first-order valence-corrected chi connectivity index (χ1v) is 10.0. The molecule has 1 aliphatic rings. The second kappa shape index (κ2) is 7.25. The van der Waals surface area contributed by atoms with Crippen LogP contribution in [0.3, 0.4) is 0 Å². The van der Waals surface area contributed by atoms with Crippen LogP contribution >= 0.6 is 11.8 Å². The van der Waals surface area contributed by atoms with Crippen molar-refractivity contribution in [3.05, 3.63) is 70.6 Å². The number of sulfone groups is 1. The molecule has 2 aromatic rings. The lowest BCUT2D eigenvalue weighted by molar-refractivity contribution is -0.115. The second-order valence-corrected chi connectivity index (χ2v) is 8.60. The normalized spacial score (nSPS) is 16.2. The molecule has 5 nitrogen and oxygen atoms in total. The highest BCUT2D eigenvalue weighted by atomic mass is 32.2. The Morgan fingerprint density at radius 2 is 1.64 bits per heavy atom. The molecule has 25 heavy (non-hydrogen) atoms. The van der Waals surface area contributed by atoms with Gasteiger partial charge in [-0.3, -0.25) is 14.9 Å². The Balaban J connectivity index is 1.72. The molecule has 0 aliphatic carbocycles. The molecule has 0 atom stereocenters. The van der Waals surface area contributed by atoms with Crippen molar-refractivity contribution in [2.75, 3.05) is 5.75 Å². The topological polar surface area (TPSA) is 80.3 Å². The fourth-order valence-electron chi connectivity index (χ4n) is 2.36. The maximum atomic E-state index is 12.4. The number of carbonyl (C=O) groups is 2. The van der Waals surface area contributed by atoms with Crippen molar-refractivity contribution in [3.8, 4) is 0 Å². The summed E-state index contributed by atoms with van der Waals surface area (Å²) >= 11 is 0.827. The third-order valence-corrected chi connectivity index (χ3v) is 6.22. The first-order chi connectivity index (χ1) is 11.9. The predicted molar refractivity (Wildman–Crippen MR) is 97.7 cm³/mol. The van der Waals surface area contributed by atoms with Gasteiger partial charge in [-0.2, -0.15) is 0 Å². The van der Waals surface area contributed by atoms with Crippen molar-refractivity contribution in [3.63, 3.8) is 0 Å². The number of benzene rings is 2. The van der Waals surface area contributed by atoms with Gasteiger partial charge in [-0.05, 0) is 47.5 Å². The predicted octanol–water partition coefficient (Wildman–Crippen LogP) is 3.03. The van der Waals surface area contributed by atoms with Crippen LogP contribution in [0.1, 0.15) is 11.1 Å². The molecule has 3 rings (SSSR count).